The van der Waals surface area contributed by atoms with Gasteiger partial charge in [-0.3, -0.25) is 0 Å². The molecular formula is C10H14N2. The van der Waals surface area contributed by atoms with E-state index in [1.54, 1.807) is 6.21 Å². The molecule has 2 N–H and O–H groups in total. The maximum Gasteiger partial charge on any atom is 0.0543 e. The van der Waals surface area contributed by atoms with E-state index in [1.807, 2.05) is 0 Å². The largest absolute Gasteiger partial charge is 0.323 e. The van der Waals surface area contributed by atoms with Gasteiger partial charge in [-0.25, -0.2) is 0 Å². The summed E-state index contributed by atoms with van der Waals surface area (Å²) in [7, 11) is 0. The number of aryl methyl sites for hydroxylation is 3. The number of hydrazone groups is 1. The predicted octanol–water partition coefficient (Wildman–Crippen LogP) is 1.90. The van der Waals surface area contributed by atoms with Crippen molar-refractivity contribution in [3.8, 4) is 0 Å². The maximum absolute atomic E-state index is 5.11. The number of nitrogens with zero attached hydrogens (tertiary/aromatic N) is 1. The Morgan fingerprint density at radius 1 is 1.17 bits per heavy atom. The molecule has 0 fully saturated rings. The first-order valence-corrected chi connectivity index (χ1v) is 3.96. The predicted molar refractivity (Wildman–Crippen MR) is 52.4 cm³/mol. The Labute approximate surface area is 73.1 Å². The second-order valence-electron chi connectivity index (χ2n) is 3.09. The summed E-state index contributed by atoms with van der Waals surface area (Å²) in [5.74, 6) is 5.11. The maximum atomic E-state index is 5.11. The van der Waals surface area contributed by atoms with Gasteiger partial charge in [-0.1, -0.05) is 17.7 Å². The van der Waals surface area contributed by atoms with Crippen LogP contribution in [0, 0.1) is 20.8 Å². The lowest BCUT2D eigenvalue weighted by Crippen LogP contribution is -1.95. The summed E-state index contributed by atoms with van der Waals surface area (Å²) >= 11 is 0. The highest BCUT2D eigenvalue weighted by Gasteiger charge is 1.99. The van der Waals surface area contributed by atoms with Crippen LogP contribution in [-0.2, 0) is 0 Å². The van der Waals surface area contributed by atoms with E-state index >= 15 is 0 Å². The third-order valence-electron chi connectivity index (χ3n) is 1.94. The average molecular weight is 162 g/mol. The molecule has 1 aromatic rings. The zero-order chi connectivity index (χ0) is 9.14. The van der Waals surface area contributed by atoms with E-state index in [0.717, 1.165) is 5.56 Å². The van der Waals surface area contributed by atoms with E-state index in [1.165, 1.54) is 16.7 Å². The third kappa shape index (κ3) is 1.64. The van der Waals surface area contributed by atoms with Gasteiger partial charge in [-0.15, -0.1) is 0 Å². The summed E-state index contributed by atoms with van der Waals surface area (Å²) in [6.45, 7) is 6.22. The van der Waals surface area contributed by atoms with Gasteiger partial charge in [0.15, 0.2) is 0 Å². The zero-order valence-electron chi connectivity index (χ0n) is 7.76. The fourth-order valence-corrected chi connectivity index (χ4v) is 1.47. The highest BCUT2D eigenvalue weighted by molar-refractivity contribution is 5.83. The van der Waals surface area contributed by atoms with E-state index in [9.17, 15) is 0 Å². The molecule has 0 aliphatic rings. The molecule has 64 valence electrons. The Hall–Kier alpha value is -1.31. The van der Waals surface area contributed by atoms with Crippen LogP contribution in [0.1, 0.15) is 22.3 Å². The molecule has 0 atom stereocenters. The summed E-state index contributed by atoms with van der Waals surface area (Å²) in [4.78, 5) is 0. The normalized spacial score (nSPS) is 10.9. The molecule has 2 nitrogen and oxygen atoms in total. The van der Waals surface area contributed by atoms with Crippen LogP contribution in [0.25, 0.3) is 0 Å². The number of hydrogen-bond donors (Lipinski definition) is 1. The monoisotopic (exact) mass is 162 g/mol. The second kappa shape index (κ2) is 3.39. The summed E-state index contributed by atoms with van der Waals surface area (Å²) in [5, 5.41) is 3.53. The lowest BCUT2D eigenvalue weighted by molar-refractivity contribution is 1.24. The molecule has 0 saturated carbocycles. The third-order valence-corrected chi connectivity index (χ3v) is 1.94. The minimum Gasteiger partial charge on any atom is -0.323 e. The first-order valence-electron chi connectivity index (χ1n) is 3.96. The lowest BCUT2D eigenvalue weighted by Gasteiger charge is -2.05. The van der Waals surface area contributed by atoms with Crippen molar-refractivity contribution in [2.45, 2.75) is 20.8 Å². The second-order valence-corrected chi connectivity index (χ2v) is 3.09. The lowest BCUT2D eigenvalue weighted by atomic mass is 10.0. The van der Waals surface area contributed by atoms with Crippen LogP contribution in [0.4, 0.5) is 0 Å². The molecule has 0 aliphatic heterocycles. The number of nitrogens with two attached hydrogens (primary N) is 1. The fraction of sp³-hybridized carbons (Fsp3) is 0.300. The molecule has 0 radical (unpaired) electrons. The molecule has 12 heavy (non-hydrogen) atoms. The molecular weight excluding hydrogens is 148 g/mol. The minimum absolute atomic E-state index is 1.13. The summed E-state index contributed by atoms with van der Waals surface area (Å²) in [5.41, 5.74) is 4.85. The van der Waals surface area contributed by atoms with Gasteiger partial charge in [-0.2, -0.15) is 5.10 Å². The fourth-order valence-electron chi connectivity index (χ4n) is 1.47. The van der Waals surface area contributed by atoms with Gasteiger partial charge in [0.05, 0.1) is 6.21 Å². The highest BCUT2D eigenvalue weighted by Crippen LogP contribution is 2.13. The van der Waals surface area contributed by atoms with Crippen LogP contribution in [0.15, 0.2) is 17.2 Å². The summed E-state index contributed by atoms with van der Waals surface area (Å²) < 4.78 is 0. The van der Waals surface area contributed by atoms with Crippen molar-refractivity contribution in [3.63, 3.8) is 0 Å². The van der Waals surface area contributed by atoms with Crippen molar-refractivity contribution in [3.05, 3.63) is 34.4 Å². The Kier molecular flexibility index (Phi) is 2.48. The zero-order valence-corrected chi connectivity index (χ0v) is 7.76. The molecule has 0 heterocycles. The van der Waals surface area contributed by atoms with Crippen LogP contribution in [0.3, 0.4) is 0 Å². The molecule has 0 aliphatic carbocycles. The number of rotatable bonds is 1. The van der Waals surface area contributed by atoms with Gasteiger partial charge in [-0.05, 0) is 31.9 Å². The summed E-state index contributed by atoms with van der Waals surface area (Å²) in [6, 6.07) is 4.26. The first-order chi connectivity index (χ1) is 5.65. The molecule has 0 unspecified atom stereocenters. The van der Waals surface area contributed by atoms with E-state index in [4.69, 9.17) is 5.84 Å². The molecule has 0 aromatic heterocycles. The van der Waals surface area contributed by atoms with Crippen LogP contribution in [-0.4, -0.2) is 6.21 Å². The Balaban J connectivity index is 3.28. The van der Waals surface area contributed by atoms with Crippen LogP contribution in [0.5, 0.6) is 0 Å². The smallest absolute Gasteiger partial charge is 0.0543 e. The molecule has 0 bridgehead atoms. The van der Waals surface area contributed by atoms with Crippen molar-refractivity contribution < 1.29 is 0 Å². The Morgan fingerprint density at radius 2 is 1.67 bits per heavy atom. The van der Waals surface area contributed by atoms with E-state index < -0.39 is 0 Å². The molecule has 1 aromatic carbocycles. The first kappa shape index (κ1) is 8.78. The van der Waals surface area contributed by atoms with Gasteiger partial charge < -0.3 is 5.84 Å². The topological polar surface area (TPSA) is 38.4 Å². The van der Waals surface area contributed by atoms with Crippen LogP contribution >= 0.6 is 0 Å². The van der Waals surface area contributed by atoms with Crippen molar-refractivity contribution in [1.82, 2.24) is 0 Å². The molecule has 0 spiro atoms. The number of hydrogen-bond acceptors (Lipinski definition) is 2. The van der Waals surface area contributed by atoms with E-state index in [0.29, 0.717) is 0 Å². The van der Waals surface area contributed by atoms with Gasteiger partial charge in [0.25, 0.3) is 0 Å². The van der Waals surface area contributed by atoms with Gasteiger partial charge >= 0.3 is 0 Å². The van der Waals surface area contributed by atoms with E-state index in [2.05, 4.69) is 38.0 Å². The molecule has 1 rings (SSSR count). The van der Waals surface area contributed by atoms with Crippen molar-refractivity contribution in [2.24, 2.45) is 10.9 Å². The number of benzene rings is 1. The molecule has 0 saturated heterocycles. The van der Waals surface area contributed by atoms with Gasteiger partial charge in [0, 0.05) is 5.56 Å². The Morgan fingerprint density at radius 3 is 2.08 bits per heavy atom. The highest BCUT2D eigenvalue weighted by atomic mass is 15.1. The molecule has 0 amide bonds. The minimum atomic E-state index is 1.13. The average Bonchev–Trinajstić information content (AvgIpc) is 1.96. The van der Waals surface area contributed by atoms with E-state index in [-0.39, 0.29) is 0 Å². The van der Waals surface area contributed by atoms with Crippen molar-refractivity contribution in [1.29, 1.82) is 0 Å². The van der Waals surface area contributed by atoms with Gasteiger partial charge in [0.2, 0.25) is 0 Å². The standard InChI is InChI=1S/C10H14N2/c1-7-4-8(2)10(6-12-11)9(3)5-7/h4-6H,11H2,1-3H3/b12-6+. The Bertz CT molecular complexity index is 291. The van der Waals surface area contributed by atoms with Crippen molar-refractivity contribution >= 4 is 6.21 Å². The quantitative estimate of drug-likeness (QED) is 0.382. The van der Waals surface area contributed by atoms with Crippen LogP contribution in [0.2, 0.25) is 0 Å². The van der Waals surface area contributed by atoms with Gasteiger partial charge in [0.1, 0.15) is 0 Å². The van der Waals surface area contributed by atoms with Crippen LogP contribution < -0.4 is 5.84 Å². The van der Waals surface area contributed by atoms with Crippen molar-refractivity contribution in [2.75, 3.05) is 0 Å². The molecule has 2 heteroatoms. The summed E-state index contributed by atoms with van der Waals surface area (Å²) in [6.07, 6.45) is 1.70. The SMILES string of the molecule is Cc1cc(C)c(/C=N/N)c(C)c1.